The van der Waals surface area contributed by atoms with Crippen molar-refractivity contribution in [3.8, 4) is 0 Å². The van der Waals surface area contributed by atoms with Gasteiger partial charge in [-0.2, -0.15) is 0 Å². The zero-order valence-electron chi connectivity index (χ0n) is 13.1. The predicted octanol–water partition coefficient (Wildman–Crippen LogP) is 3.81. The molecule has 0 aliphatic heterocycles. The van der Waals surface area contributed by atoms with Gasteiger partial charge in [0.05, 0.1) is 5.41 Å². The Morgan fingerprint density at radius 1 is 1.24 bits per heavy atom. The molecule has 3 rings (SSSR count). The molecule has 1 aromatic carbocycles. The van der Waals surface area contributed by atoms with E-state index >= 15 is 0 Å². The minimum absolute atomic E-state index is 0.141. The van der Waals surface area contributed by atoms with Crippen molar-refractivity contribution < 1.29 is 4.79 Å². The highest BCUT2D eigenvalue weighted by Crippen LogP contribution is 2.34. The number of carbonyl (C=O) groups is 1. The van der Waals surface area contributed by atoms with E-state index in [1.807, 2.05) is 26.0 Å². The number of aryl methyl sites for hydroxylation is 1. The van der Waals surface area contributed by atoms with Crippen LogP contribution in [0.25, 0.3) is 10.9 Å². The summed E-state index contributed by atoms with van der Waals surface area (Å²) in [6.07, 6.45) is 4.71. The van der Waals surface area contributed by atoms with E-state index in [1.165, 1.54) is 12.8 Å². The Morgan fingerprint density at radius 2 is 1.90 bits per heavy atom. The summed E-state index contributed by atoms with van der Waals surface area (Å²) in [5, 5.41) is 4.40. The van der Waals surface area contributed by atoms with Crippen LogP contribution in [0.3, 0.4) is 0 Å². The third kappa shape index (κ3) is 2.45. The SMILES string of the molecule is Cc1[nH]c2ccccc2c1C(C)(C)C(=O)NC1CCCC1. The van der Waals surface area contributed by atoms with E-state index < -0.39 is 5.41 Å². The number of aromatic amines is 1. The zero-order chi connectivity index (χ0) is 15.0. The maximum absolute atomic E-state index is 12.8. The highest BCUT2D eigenvalue weighted by Gasteiger charge is 2.35. The third-order valence-corrected chi connectivity index (χ3v) is 4.78. The number of hydrogen-bond acceptors (Lipinski definition) is 1. The number of benzene rings is 1. The summed E-state index contributed by atoms with van der Waals surface area (Å²) < 4.78 is 0. The van der Waals surface area contributed by atoms with Crippen LogP contribution < -0.4 is 5.32 Å². The van der Waals surface area contributed by atoms with Crippen LogP contribution >= 0.6 is 0 Å². The predicted molar refractivity (Wildman–Crippen MR) is 86.5 cm³/mol. The molecule has 0 atom stereocenters. The molecule has 1 heterocycles. The lowest BCUT2D eigenvalue weighted by Gasteiger charge is -2.26. The Balaban J connectivity index is 1.95. The summed E-state index contributed by atoms with van der Waals surface area (Å²) in [7, 11) is 0. The van der Waals surface area contributed by atoms with E-state index in [9.17, 15) is 4.79 Å². The van der Waals surface area contributed by atoms with Gasteiger partial charge in [0.15, 0.2) is 0 Å². The largest absolute Gasteiger partial charge is 0.358 e. The lowest BCUT2D eigenvalue weighted by Crippen LogP contribution is -2.44. The topological polar surface area (TPSA) is 44.9 Å². The van der Waals surface area contributed by atoms with Gasteiger partial charge in [0, 0.05) is 22.6 Å². The summed E-state index contributed by atoms with van der Waals surface area (Å²) in [5.74, 6) is 0.141. The monoisotopic (exact) mass is 284 g/mol. The molecule has 1 fully saturated rings. The first kappa shape index (κ1) is 14.2. The van der Waals surface area contributed by atoms with Gasteiger partial charge in [-0.05, 0) is 45.2 Å². The van der Waals surface area contributed by atoms with Gasteiger partial charge in [-0.3, -0.25) is 4.79 Å². The molecular formula is C18H24N2O. The van der Waals surface area contributed by atoms with Crippen LogP contribution in [0.1, 0.15) is 50.8 Å². The smallest absolute Gasteiger partial charge is 0.230 e. The van der Waals surface area contributed by atoms with Gasteiger partial charge in [0.1, 0.15) is 0 Å². The summed E-state index contributed by atoms with van der Waals surface area (Å²) in [5.41, 5.74) is 2.79. The lowest BCUT2D eigenvalue weighted by molar-refractivity contribution is -0.126. The molecule has 1 aliphatic rings. The molecule has 1 saturated carbocycles. The molecule has 0 spiro atoms. The van der Waals surface area contributed by atoms with E-state index in [0.717, 1.165) is 35.0 Å². The molecule has 21 heavy (non-hydrogen) atoms. The van der Waals surface area contributed by atoms with Gasteiger partial charge in [0.25, 0.3) is 0 Å². The van der Waals surface area contributed by atoms with Crippen LogP contribution in [0.15, 0.2) is 24.3 Å². The molecule has 1 aromatic heterocycles. The number of para-hydroxylation sites is 1. The summed E-state index contributed by atoms with van der Waals surface area (Å²) >= 11 is 0. The number of carbonyl (C=O) groups excluding carboxylic acids is 1. The number of fused-ring (bicyclic) bond motifs is 1. The van der Waals surface area contributed by atoms with Crippen LogP contribution in [0.4, 0.5) is 0 Å². The van der Waals surface area contributed by atoms with E-state index in [2.05, 4.69) is 29.4 Å². The molecule has 3 nitrogen and oxygen atoms in total. The first-order valence-corrected chi connectivity index (χ1v) is 7.89. The van der Waals surface area contributed by atoms with Crippen molar-refractivity contribution in [1.29, 1.82) is 0 Å². The Morgan fingerprint density at radius 3 is 2.62 bits per heavy atom. The van der Waals surface area contributed by atoms with Gasteiger partial charge in [-0.1, -0.05) is 31.0 Å². The summed E-state index contributed by atoms with van der Waals surface area (Å²) in [6, 6.07) is 8.58. The molecule has 0 saturated heterocycles. The minimum Gasteiger partial charge on any atom is -0.358 e. The highest BCUT2D eigenvalue weighted by molar-refractivity contribution is 5.95. The maximum atomic E-state index is 12.8. The Bertz CT molecular complexity index is 663. The number of amides is 1. The molecule has 3 heteroatoms. The summed E-state index contributed by atoms with van der Waals surface area (Å²) in [4.78, 5) is 16.2. The molecule has 0 unspecified atom stereocenters. The molecule has 0 radical (unpaired) electrons. The fourth-order valence-corrected chi connectivity index (χ4v) is 3.63. The first-order chi connectivity index (χ1) is 10.00. The average Bonchev–Trinajstić information content (AvgIpc) is 3.04. The third-order valence-electron chi connectivity index (χ3n) is 4.78. The van der Waals surface area contributed by atoms with Crippen molar-refractivity contribution in [2.24, 2.45) is 0 Å². The van der Waals surface area contributed by atoms with Crippen molar-refractivity contribution in [1.82, 2.24) is 10.3 Å². The Kier molecular flexibility index (Phi) is 3.52. The van der Waals surface area contributed by atoms with E-state index in [4.69, 9.17) is 0 Å². The fraction of sp³-hybridized carbons (Fsp3) is 0.500. The minimum atomic E-state index is -0.522. The van der Waals surface area contributed by atoms with Crippen molar-refractivity contribution in [2.75, 3.05) is 0 Å². The van der Waals surface area contributed by atoms with Gasteiger partial charge in [-0.25, -0.2) is 0 Å². The molecule has 1 amide bonds. The summed E-state index contributed by atoms with van der Waals surface area (Å²) in [6.45, 7) is 6.11. The maximum Gasteiger partial charge on any atom is 0.230 e. The van der Waals surface area contributed by atoms with E-state index in [1.54, 1.807) is 0 Å². The number of aromatic nitrogens is 1. The second kappa shape index (κ2) is 5.21. The molecule has 2 aromatic rings. The molecule has 1 aliphatic carbocycles. The van der Waals surface area contributed by atoms with Crippen LogP contribution in [0, 0.1) is 6.92 Å². The number of nitrogens with one attached hydrogen (secondary N) is 2. The molecule has 2 N–H and O–H groups in total. The second-order valence-corrected chi connectivity index (χ2v) is 6.75. The van der Waals surface area contributed by atoms with E-state index in [0.29, 0.717) is 6.04 Å². The first-order valence-electron chi connectivity index (χ1n) is 7.89. The molecule has 112 valence electrons. The molecular weight excluding hydrogens is 260 g/mol. The van der Waals surface area contributed by atoms with E-state index in [-0.39, 0.29) is 5.91 Å². The average molecular weight is 284 g/mol. The van der Waals surface area contributed by atoms with Crippen LogP contribution in [-0.4, -0.2) is 16.9 Å². The van der Waals surface area contributed by atoms with Crippen molar-refractivity contribution >= 4 is 16.8 Å². The Labute approximate surface area is 126 Å². The van der Waals surface area contributed by atoms with Gasteiger partial charge in [-0.15, -0.1) is 0 Å². The fourth-order valence-electron chi connectivity index (χ4n) is 3.63. The van der Waals surface area contributed by atoms with Crippen molar-refractivity contribution in [2.45, 2.75) is 57.9 Å². The number of hydrogen-bond donors (Lipinski definition) is 2. The number of H-pyrrole nitrogens is 1. The van der Waals surface area contributed by atoms with Gasteiger partial charge in [0.2, 0.25) is 5.91 Å². The van der Waals surface area contributed by atoms with Crippen molar-refractivity contribution in [3.63, 3.8) is 0 Å². The lowest BCUT2D eigenvalue weighted by atomic mass is 9.81. The Hall–Kier alpha value is -1.77. The normalized spacial score (nSPS) is 16.5. The van der Waals surface area contributed by atoms with Crippen LogP contribution in [0.2, 0.25) is 0 Å². The second-order valence-electron chi connectivity index (χ2n) is 6.75. The van der Waals surface area contributed by atoms with Crippen LogP contribution in [-0.2, 0) is 10.2 Å². The van der Waals surface area contributed by atoms with Gasteiger partial charge < -0.3 is 10.3 Å². The van der Waals surface area contributed by atoms with Crippen molar-refractivity contribution in [3.05, 3.63) is 35.5 Å². The van der Waals surface area contributed by atoms with Gasteiger partial charge >= 0.3 is 0 Å². The molecule has 0 bridgehead atoms. The number of rotatable bonds is 3. The standard InChI is InChI=1S/C18H24N2O/c1-12-16(14-10-6-7-11-15(14)19-12)18(2,3)17(21)20-13-8-4-5-9-13/h6-7,10-11,13,19H,4-5,8-9H2,1-3H3,(H,20,21). The van der Waals surface area contributed by atoms with Crippen LogP contribution in [0.5, 0.6) is 0 Å². The quantitative estimate of drug-likeness (QED) is 0.884. The highest BCUT2D eigenvalue weighted by atomic mass is 16.2. The zero-order valence-corrected chi connectivity index (χ0v) is 13.1.